The number of para-hydroxylation sites is 1. The number of hydrogen-bond acceptors (Lipinski definition) is 3. The molecule has 4 aromatic rings. The SMILES string of the molecule is CCc1cccc(NC(=O)N2CCN(C(=O)c3cc(-c4cccc(OC)c4)n(-c4ccccc4F)c3C)CC2)c1. The van der Waals surface area contributed by atoms with Crippen LogP contribution in [-0.4, -0.2) is 59.6 Å². The maximum atomic E-state index is 15.0. The van der Waals surface area contributed by atoms with Gasteiger partial charge in [0.2, 0.25) is 0 Å². The van der Waals surface area contributed by atoms with Crippen LogP contribution in [0.1, 0.15) is 28.5 Å². The van der Waals surface area contributed by atoms with E-state index in [0.29, 0.717) is 54.6 Å². The van der Waals surface area contributed by atoms with Gasteiger partial charge in [-0.1, -0.05) is 43.3 Å². The van der Waals surface area contributed by atoms with E-state index in [9.17, 15) is 14.0 Å². The lowest BCUT2D eigenvalue weighted by molar-refractivity contribution is 0.0671. The Morgan fingerprint density at radius 1 is 0.900 bits per heavy atom. The van der Waals surface area contributed by atoms with E-state index in [1.165, 1.54) is 6.07 Å². The molecule has 1 fully saturated rings. The van der Waals surface area contributed by atoms with Crippen LogP contribution < -0.4 is 10.1 Å². The first-order valence-electron chi connectivity index (χ1n) is 13.5. The second kappa shape index (κ2) is 11.7. The summed E-state index contributed by atoms with van der Waals surface area (Å²) in [5.41, 5.74) is 4.91. The van der Waals surface area contributed by atoms with E-state index in [-0.39, 0.29) is 17.8 Å². The standard InChI is InChI=1S/C32H33FN4O3/c1-4-23-9-7-11-25(19-23)34-32(39)36-17-15-35(16-18-36)31(38)27-21-30(24-10-8-12-26(20-24)40-3)37(22(27)2)29-14-6-5-13-28(29)33/h5-14,19-21H,4,15-18H2,1-3H3,(H,34,39). The Morgan fingerprint density at radius 3 is 2.35 bits per heavy atom. The van der Waals surface area contributed by atoms with Crippen LogP contribution in [0.5, 0.6) is 5.75 Å². The van der Waals surface area contributed by atoms with Gasteiger partial charge in [-0.2, -0.15) is 0 Å². The zero-order valence-corrected chi connectivity index (χ0v) is 23.0. The molecule has 8 heteroatoms. The summed E-state index contributed by atoms with van der Waals surface area (Å²) in [6.45, 7) is 5.54. The third-order valence-corrected chi connectivity index (χ3v) is 7.38. The van der Waals surface area contributed by atoms with Gasteiger partial charge in [0, 0.05) is 43.1 Å². The monoisotopic (exact) mass is 540 g/mol. The van der Waals surface area contributed by atoms with Crippen molar-refractivity contribution in [1.82, 2.24) is 14.4 Å². The summed E-state index contributed by atoms with van der Waals surface area (Å²) in [5, 5.41) is 2.97. The molecule has 2 heterocycles. The molecule has 206 valence electrons. The molecule has 0 unspecified atom stereocenters. The van der Waals surface area contributed by atoms with E-state index < -0.39 is 0 Å². The number of halogens is 1. The van der Waals surface area contributed by atoms with Gasteiger partial charge in [-0.15, -0.1) is 0 Å². The van der Waals surface area contributed by atoms with Crippen LogP contribution in [0.25, 0.3) is 16.9 Å². The van der Waals surface area contributed by atoms with E-state index in [2.05, 4.69) is 12.2 Å². The molecule has 1 saturated heterocycles. The molecule has 0 atom stereocenters. The highest BCUT2D eigenvalue weighted by atomic mass is 19.1. The number of nitrogens with zero attached hydrogens (tertiary/aromatic N) is 3. The van der Waals surface area contributed by atoms with Crippen LogP contribution >= 0.6 is 0 Å². The highest BCUT2D eigenvalue weighted by Crippen LogP contribution is 2.33. The minimum absolute atomic E-state index is 0.146. The molecule has 1 aliphatic rings. The van der Waals surface area contributed by atoms with Crippen LogP contribution in [0.15, 0.2) is 78.9 Å². The third kappa shape index (κ3) is 5.43. The Labute approximate surface area is 233 Å². The van der Waals surface area contributed by atoms with Crippen molar-refractivity contribution in [3.05, 3.63) is 102 Å². The second-order valence-corrected chi connectivity index (χ2v) is 9.81. The zero-order chi connectivity index (χ0) is 28.2. The van der Waals surface area contributed by atoms with Crippen molar-refractivity contribution in [3.63, 3.8) is 0 Å². The molecule has 0 spiro atoms. The summed E-state index contributed by atoms with van der Waals surface area (Å²) in [7, 11) is 1.59. The molecule has 0 radical (unpaired) electrons. The number of anilines is 1. The highest BCUT2D eigenvalue weighted by Gasteiger charge is 2.28. The molecule has 3 amide bonds. The molecule has 0 aliphatic carbocycles. The molecule has 1 aromatic heterocycles. The van der Waals surface area contributed by atoms with Gasteiger partial charge >= 0.3 is 6.03 Å². The van der Waals surface area contributed by atoms with Gasteiger partial charge in [0.25, 0.3) is 5.91 Å². The molecule has 0 saturated carbocycles. The Bertz CT molecular complexity index is 1540. The fourth-order valence-electron chi connectivity index (χ4n) is 5.12. The fourth-order valence-corrected chi connectivity index (χ4v) is 5.12. The van der Waals surface area contributed by atoms with E-state index in [1.807, 2.05) is 61.5 Å². The average Bonchev–Trinajstić information content (AvgIpc) is 3.33. The number of methoxy groups -OCH3 is 1. The van der Waals surface area contributed by atoms with Crippen LogP contribution in [0.3, 0.4) is 0 Å². The summed E-state index contributed by atoms with van der Waals surface area (Å²) in [4.78, 5) is 30.1. The van der Waals surface area contributed by atoms with Gasteiger partial charge in [0.15, 0.2) is 0 Å². The number of benzene rings is 3. The molecule has 0 bridgehead atoms. The van der Waals surface area contributed by atoms with E-state index in [1.54, 1.807) is 39.7 Å². The third-order valence-electron chi connectivity index (χ3n) is 7.38. The highest BCUT2D eigenvalue weighted by molar-refractivity contribution is 5.98. The summed E-state index contributed by atoms with van der Waals surface area (Å²) in [5.74, 6) is 0.140. The van der Waals surface area contributed by atoms with Crippen LogP contribution in [0.4, 0.5) is 14.9 Å². The first-order valence-corrected chi connectivity index (χ1v) is 13.5. The molecular formula is C32H33FN4O3. The van der Waals surface area contributed by atoms with Crippen LogP contribution in [0.2, 0.25) is 0 Å². The Morgan fingerprint density at radius 2 is 1.62 bits per heavy atom. The quantitative estimate of drug-likeness (QED) is 0.319. The lowest BCUT2D eigenvalue weighted by atomic mass is 10.1. The summed E-state index contributed by atoms with van der Waals surface area (Å²) < 4.78 is 22.2. The first kappa shape index (κ1) is 27.0. The fraction of sp³-hybridized carbons (Fsp3) is 0.250. The Balaban J connectivity index is 1.38. The summed E-state index contributed by atoms with van der Waals surface area (Å²) in [6, 6.07) is 23.5. The zero-order valence-electron chi connectivity index (χ0n) is 23.0. The number of carbonyl (C=O) groups excluding carboxylic acids is 2. The van der Waals surface area contributed by atoms with Gasteiger partial charge in [0.05, 0.1) is 24.1 Å². The van der Waals surface area contributed by atoms with Crippen molar-refractivity contribution in [2.75, 3.05) is 38.6 Å². The van der Waals surface area contributed by atoms with Crippen LogP contribution in [0, 0.1) is 12.7 Å². The normalized spacial score (nSPS) is 13.3. The molecule has 1 aliphatic heterocycles. The minimum Gasteiger partial charge on any atom is -0.497 e. The van der Waals surface area contributed by atoms with Crippen LogP contribution in [-0.2, 0) is 6.42 Å². The molecule has 1 N–H and O–H groups in total. The Hall–Kier alpha value is -4.59. The number of aryl methyl sites for hydroxylation is 1. The number of nitrogens with one attached hydrogen (secondary N) is 1. The minimum atomic E-state index is -0.381. The van der Waals surface area contributed by atoms with Gasteiger partial charge < -0.3 is 24.4 Å². The lowest BCUT2D eigenvalue weighted by Crippen LogP contribution is -2.51. The number of piperazine rings is 1. The predicted molar refractivity (Wildman–Crippen MR) is 155 cm³/mol. The van der Waals surface area contributed by atoms with E-state index >= 15 is 0 Å². The Kier molecular flexibility index (Phi) is 7.86. The van der Waals surface area contributed by atoms with Gasteiger partial charge in [-0.05, 0) is 61.4 Å². The van der Waals surface area contributed by atoms with Gasteiger partial charge in [-0.3, -0.25) is 4.79 Å². The van der Waals surface area contributed by atoms with Crippen molar-refractivity contribution in [2.24, 2.45) is 0 Å². The van der Waals surface area contributed by atoms with E-state index in [0.717, 1.165) is 23.2 Å². The number of urea groups is 1. The maximum Gasteiger partial charge on any atom is 0.321 e. The topological polar surface area (TPSA) is 66.8 Å². The largest absolute Gasteiger partial charge is 0.497 e. The molecular weight excluding hydrogens is 507 g/mol. The second-order valence-electron chi connectivity index (χ2n) is 9.81. The van der Waals surface area contributed by atoms with Crippen molar-refractivity contribution >= 4 is 17.6 Å². The molecule has 7 nitrogen and oxygen atoms in total. The molecule has 40 heavy (non-hydrogen) atoms. The summed E-state index contributed by atoms with van der Waals surface area (Å²) in [6.07, 6.45) is 0.891. The van der Waals surface area contributed by atoms with Crippen molar-refractivity contribution < 1.29 is 18.7 Å². The molecule has 5 rings (SSSR count). The summed E-state index contributed by atoms with van der Waals surface area (Å²) >= 11 is 0. The van der Waals surface area contributed by atoms with Crippen molar-refractivity contribution in [3.8, 4) is 22.7 Å². The lowest BCUT2D eigenvalue weighted by Gasteiger charge is -2.34. The number of carbonyl (C=O) groups is 2. The number of rotatable bonds is 6. The van der Waals surface area contributed by atoms with Gasteiger partial charge in [-0.25, -0.2) is 9.18 Å². The molecule has 3 aromatic carbocycles. The predicted octanol–water partition coefficient (Wildman–Crippen LogP) is 6.15. The van der Waals surface area contributed by atoms with E-state index in [4.69, 9.17) is 4.74 Å². The number of amides is 3. The average molecular weight is 541 g/mol. The smallest absolute Gasteiger partial charge is 0.321 e. The van der Waals surface area contributed by atoms with Crippen molar-refractivity contribution in [1.29, 1.82) is 0 Å². The van der Waals surface area contributed by atoms with Gasteiger partial charge in [0.1, 0.15) is 11.6 Å². The number of hydrogen-bond donors (Lipinski definition) is 1. The maximum absolute atomic E-state index is 15.0. The first-order chi connectivity index (χ1) is 19.4. The van der Waals surface area contributed by atoms with Crippen molar-refractivity contribution in [2.45, 2.75) is 20.3 Å². The number of aromatic nitrogens is 1. The number of ether oxygens (including phenoxy) is 1.